The van der Waals surface area contributed by atoms with Gasteiger partial charge in [0, 0.05) is 25.0 Å². The largest absolute Gasteiger partial charge is 0.360 e. The normalized spacial score (nSPS) is 10.2. The molecule has 0 spiro atoms. The smallest absolute Gasteiger partial charge is 0.311 e. The van der Waals surface area contributed by atoms with E-state index < -0.39 is 4.92 Å². The first-order valence-corrected chi connectivity index (χ1v) is 7.10. The summed E-state index contributed by atoms with van der Waals surface area (Å²) in [4.78, 5) is 18.7. The Morgan fingerprint density at radius 3 is 2.95 bits per heavy atom. The zero-order chi connectivity index (χ0) is 14.4. The predicted molar refractivity (Wildman–Crippen MR) is 78.9 cm³/mol. The highest BCUT2D eigenvalue weighted by molar-refractivity contribution is 7.99. The lowest BCUT2D eigenvalue weighted by Gasteiger charge is -2.07. The molecule has 0 atom stereocenters. The van der Waals surface area contributed by atoms with Crippen molar-refractivity contribution in [3.8, 4) is 0 Å². The number of nitro groups is 1. The average Bonchev–Trinajstić information content (AvgIpc) is 2.46. The van der Waals surface area contributed by atoms with Crippen molar-refractivity contribution in [1.29, 1.82) is 0 Å². The van der Waals surface area contributed by atoms with Crippen molar-refractivity contribution in [3.63, 3.8) is 0 Å². The molecule has 6 nitrogen and oxygen atoms in total. The van der Waals surface area contributed by atoms with Gasteiger partial charge in [-0.2, -0.15) is 0 Å². The Morgan fingerprint density at radius 1 is 1.35 bits per heavy atom. The number of aromatic nitrogens is 2. The second-order valence-corrected chi connectivity index (χ2v) is 5.20. The van der Waals surface area contributed by atoms with Crippen molar-refractivity contribution in [2.75, 3.05) is 11.1 Å². The second kappa shape index (κ2) is 6.85. The van der Waals surface area contributed by atoms with Crippen LogP contribution in [-0.4, -0.2) is 20.6 Å². The number of rotatable bonds is 6. The number of nitrogens with zero attached hydrogens (tertiary/aromatic N) is 3. The van der Waals surface area contributed by atoms with E-state index >= 15 is 0 Å². The van der Waals surface area contributed by atoms with Gasteiger partial charge in [-0.3, -0.25) is 10.1 Å². The number of anilines is 1. The van der Waals surface area contributed by atoms with Gasteiger partial charge < -0.3 is 5.32 Å². The maximum absolute atomic E-state index is 10.9. The maximum Gasteiger partial charge on any atom is 0.311 e. The Hall–Kier alpha value is -2.15. The molecule has 0 bridgehead atoms. The van der Waals surface area contributed by atoms with Crippen LogP contribution < -0.4 is 5.32 Å². The first kappa shape index (κ1) is 14.3. The van der Waals surface area contributed by atoms with Gasteiger partial charge >= 0.3 is 5.69 Å². The molecule has 0 saturated heterocycles. The van der Waals surface area contributed by atoms with Gasteiger partial charge in [0.25, 0.3) is 0 Å². The summed E-state index contributed by atoms with van der Waals surface area (Å²) in [5, 5.41) is 14.8. The molecule has 0 aliphatic heterocycles. The zero-order valence-electron chi connectivity index (χ0n) is 10.9. The highest BCUT2D eigenvalue weighted by Crippen LogP contribution is 2.21. The molecule has 2 aromatic heterocycles. The van der Waals surface area contributed by atoms with E-state index in [2.05, 4.69) is 22.2 Å². The van der Waals surface area contributed by atoms with Crippen LogP contribution in [0.25, 0.3) is 0 Å². The molecule has 0 radical (unpaired) electrons. The highest BCUT2D eigenvalue weighted by atomic mass is 32.2. The first-order valence-electron chi connectivity index (χ1n) is 6.11. The van der Waals surface area contributed by atoms with Crippen molar-refractivity contribution in [3.05, 3.63) is 52.3 Å². The van der Waals surface area contributed by atoms with Crippen LogP contribution in [0.2, 0.25) is 0 Å². The average molecular weight is 290 g/mol. The standard InChI is InChI=1S/C13H14N4O2S/c1-2-20-12-8-10(5-7-14-12)9-16-13-11(17(18)19)4-3-6-15-13/h3-8H,2,9H2,1H3,(H,15,16). The summed E-state index contributed by atoms with van der Waals surface area (Å²) < 4.78 is 0. The van der Waals surface area contributed by atoms with E-state index in [-0.39, 0.29) is 11.5 Å². The Morgan fingerprint density at radius 2 is 2.20 bits per heavy atom. The van der Waals surface area contributed by atoms with Crippen LogP contribution in [-0.2, 0) is 6.54 Å². The molecule has 0 aliphatic carbocycles. The monoisotopic (exact) mass is 290 g/mol. The van der Waals surface area contributed by atoms with Crippen LogP contribution in [0.4, 0.5) is 11.5 Å². The van der Waals surface area contributed by atoms with E-state index in [4.69, 9.17) is 0 Å². The van der Waals surface area contributed by atoms with E-state index in [1.54, 1.807) is 24.0 Å². The molecule has 2 rings (SSSR count). The number of thioether (sulfide) groups is 1. The molecule has 0 fully saturated rings. The van der Waals surface area contributed by atoms with E-state index in [0.29, 0.717) is 6.54 Å². The van der Waals surface area contributed by atoms with Crippen LogP contribution in [0.1, 0.15) is 12.5 Å². The Labute approximate surface area is 120 Å². The van der Waals surface area contributed by atoms with Gasteiger partial charge in [-0.15, -0.1) is 11.8 Å². The van der Waals surface area contributed by atoms with Crippen LogP contribution in [0.15, 0.2) is 41.7 Å². The zero-order valence-corrected chi connectivity index (χ0v) is 11.8. The minimum absolute atomic E-state index is 0.0234. The first-order chi connectivity index (χ1) is 9.70. The number of hydrogen-bond donors (Lipinski definition) is 1. The Kier molecular flexibility index (Phi) is 4.89. The third-order valence-electron chi connectivity index (χ3n) is 2.53. The van der Waals surface area contributed by atoms with Gasteiger partial charge in [0.05, 0.1) is 9.95 Å². The minimum Gasteiger partial charge on any atom is -0.360 e. The molecular weight excluding hydrogens is 276 g/mol. The minimum atomic E-state index is -0.444. The van der Waals surface area contributed by atoms with Crippen molar-refractivity contribution in [2.24, 2.45) is 0 Å². The van der Waals surface area contributed by atoms with Gasteiger partial charge in [0.2, 0.25) is 5.82 Å². The van der Waals surface area contributed by atoms with Crippen molar-refractivity contribution >= 4 is 23.3 Å². The van der Waals surface area contributed by atoms with Gasteiger partial charge in [0.15, 0.2) is 0 Å². The number of nitrogens with one attached hydrogen (secondary N) is 1. The third kappa shape index (κ3) is 3.67. The maximum atomic E-state index is 10.9. The lowest BCUT2D eigenvalue weighted by molar-refractivity contribution is -0.384. The fourth-order valence-electron chi connectivity index (χ4n) is 1.65. The van der Waals surface area contributed by atoms with Crippen LogP contribution >= 0.6 is 11.8 Å². The molecule has 0 saturated carbocycles. The summed E-state index contributed by atoms with van der Waals surface area (Å²) in [6.45, 7) is 2.53. The van der Waals surface area contributed by atoms with Crippen molar-refractivity contribution in [1.82, 2.24) is 9.97 Å². The number of pyridine rings is 2. The van der Waals surface area contributed by atoms with E-state index in [9.17, 15) is 10.1 Å². The summed E-state index contributed by atoms with van der Waals surface area (Å²) in [5.74, 6) is 1.23. The van der Waals surface area contributed by atoms with Crippen molar-refractivity contribution < 1.29 is 4.92 Å². The van der Waals surface area contributed by atoms with Crippen LogP contribution in [0, 0.1) is 10.1 Å². The van der Waals surface area contributed by atoms with Crippen molar-refractivity contribution in [2.45, 2.75) is 18.5 Å². The van der Waals surface area contributed by atoms with Gasteiger partial charge in [-0.25, -0.2) is 9.97 Å². The molecule has 0 aromatic carbocycles. The summed E-state index contributed by atoms with van der Waals surface area (Å²) in [6, 6.07) is 6.82. The molecular formula is C13H14N4O2S. The highest BCUT2D eigenvalue weighted by Gasteiger charge is 2.13. The van der Waals surface area contributed by atoms with Crippen LogP contribution in [0.5, 0.6) is 0 Å². The lowest BCUT2D eigenvalue weighted by Crippen LogP contribution is -2.04. The van der Waals surface area contributed by atoms with Gasteiger partial charge in [0.1, 0.15) is 0 Å². The Bertz CT molecular complexity index is 606. The summed E-state index contributed by atoms with van der Waals surface area (Å²) in [7, 11) is 0. The van der Waals surface area contributed by atoms with Crippen LogP contribution in [0.3, 0.4) is 0 Å². The van der Waals surface area contributed by atoms with Gasteiger partial charge in [-0.05, 0) is 29.5 Å². The quantitative estimate of drug-likeness (QED) is 0.500. The molecule has 0 amide bonds. The lowest BCUT2D eigenvalue weighted by atomic mass is 10.2. The number of hydrogen-bond acceptors (Lipinski definition) is 6. The molecule has 2 aromatic rings. The van der Waals surface area contributed by atoms with Gasteiger partial charge in [-0.1, -0.05) is 6.92 Å². The molecule has 2 heterocycles. The fraction of sp³-hybridized carbons (Fsp3) is 0.231. The summed E-state index contributed by atoms with van der Waals surface area (Å²) in [6.07, 6.45) is 3.27. The molecule has 0 aliphatic rings. The molecule has 0 unspecified atom stereocenters. The molecule has 7 heteroatoms. The molecule has 1 N–H and O–H groups in total. The third-order valence-corrected chi connectivity index (χ3v) is 3.34. The molecule has 104 valence electrons. The topological polar surface area (TPSA) is 81.0 Å². The summed E-state index contributed by atoms with van der Waals surface area (Å²) in [5.41, 5.74) is 0.987. The Balaban J connectivity index is 2.09. The second-order valence-electron chi connectivity index (χ2n) is 3.92. The SMILES string of the molecule is CCSc1cc(CNc2ncccc2[N+](=O)[O-])ccn1. The van der Waals surface area contributed by atoms with E-state index in [0.717, 1.165) is 16.3 Å². The summed E-state index contributed by atoms with van der Waals surface area (Å²) >= 11 is 1.66. The molecule has 20 heavy (non-hydrogen) atoms. The van der Waals surface area contributed by atoms with E-state index in [1.807, 2.05) is 12.1 Å². The fourth-order valence-corrected chi connectivity index (χ4v) is 2.32. The van der Waals surface area contributed by atoms with E-state index in [1.165, 1.54) is 12.3 Å². The predicted octanol–water partition coefficient (Wildman–Crippen LogP) is 3.11.